The Kier molecular flexibility index (Phi) is 8.39. The quantitative estimate of drug-likeness (QED) is 0.281. The van der Waals surface area contributed by atoms with E-state index < -0.39 is 23.7 Å². The van der Waals surface area contributed by atoms with Crippen molar-refractivity contribution in [3.8, 4) is 11.5 Å². The zero-order valence-electron chi connectivity index (χ0n) is 19.8. The minimum absolute atomic E-state index is 0.0933. The standard InChI is InChI=1S/C26H29NO6S/c1-5-31-23(28)17-27-24(29)22(34-25(27)30)16-18-7-6-8-21(15-18)33-14-13-32-20-11-9-19(10-12-20)26(2,3)4/h6-12,15-16H,5,13-14,17H2,1-4H3/b22-16-. The fourth-order valence-electron chi connectivity index (χ4n) is 3.19. The molecule has 0 bridgehead atoms. The lowest BCUT2D eigenvalue weighted by molar-refractivity contribution is -0.145. The molecule has 0 spiro atoms. The molecule has 2 amide bonds. The van der Waals surface area contributed by atoms with Gasteiger partial charge in [0.25, 0.3) is 11.1 Å². The van der Waals surface area contributed by atoms with Crippen molar-refractivity contribution < 1.29 is 28.6 Å². The molecular weight excluding hydrogens is 454 g/mol. The second-order valence-electron chi connectivity index (χ2n) is 8.62. The highest BCUT2D eigenvalue weighted by Gasteiger charge is 2.36. The fraction of sp³-hybridized carbons (Fsp3) is 0.346. The van der Waals surface area contributed by atoms with Crippen molar-refractivity contribution in [3.05, 3.63) is 64.6 Å². The summed E-state index contributed by atoms with van der Waals surface area (Å²) >= 11 is 0.794. The van der Waals surface area contributed by atoms with Gasteiger partial charge in [-0.1, -0.05) is 45.0 Å². The third-order valence-corrected chi connectivity index (χ3v) is 5.87. The molecule has 0 aliphatic carbocycles. The van der Waals surface area contributed by atoms with Crippen LogP contribution in [0.2, 0.25) is 0 Å². The van der Waals surface area contributed by atoms with Crippen LogP contribution in [-0.2, 0) is 19.7 Å². The Morgan fingerprint density at radius 2 is 1.68 bits per heavy atom. The number of thioether (sulfide) groups is 1. The Balaban J connectivity index is 1.54. The molecule has 0 unspecified atom stereocenters. The van der Waals surface area contributed by atoms with Gasteiger partial charge in [0.2, 0.25) is 0 Å². The highest BCUT2D eigenvalue weighted by Crippen LogP contribution is 2.32. The average molecular weight is 484 g/mol. The van der Waals surface area contributed by atoms with Gasteiger partial charge in [-0.05, 0) is 65.6 Å². The van der Waals surface area contributed by atoms with Crippen molar-refractivity contribution in [3.63, 3.8) is 0 Å². The topological polar surface area (TPSA) is 82.1 Å². The normalized spacial score (nSPS) is 15.1. The number of carbonyl (C=O) groups excluding carboxylic acids is 3. The molecule has 180 valence electrons. The van der Waals surface area contributed by atoms with Gasteiger partial charge in [0.15, 0.2) is 0 Å². The lowest BCUT2D eigenvalue weighted by atomic mass is 9.87. The first-order valence-corrected chi connectivity index (χ1v) is 11.9. The number of hydrogen-bond donors (Lipinski definition) is 0. The second-order valence-corrected chi connectivity index (χ2v) is 9.61. The molecule has 7 nitrogen and oxygen atoms in total. The number of hydrogen-bond acceptors (Lipinski definition) is 7. The van der Waals surface area contributed by atoms with Crippen LogP contribution in [0, 0.1) is 0 Å². The zero-order chi connectivity index (χ0) is 24.7. The van der Waals surface area contributed by atoms with E-state index in [1.165, 1.54) is 5.56 Å². The number of nitrogens with zero attached hydrogens (tertiary/aromatic N) is 1. The molecule has 2 aromatic carbocycles. The molecule has 2 aromatic rings. The van der Waals surface area contributed by atoms with E-state index in [1.54, 1.807) is 31.2 Å². The van der Waals surface area contributed by atoms with E-state index in [0.717, 1.165) is 22.4 Å². The molecule has 0 atom stereocenters. The van der Waals surface area contributed by atoms with E-state index in [1.807, 2.05) is 18.2 Å². The summed E-state index contributed by atoms with van der Waals surface area (Å²) in [7, 11) is 0. The fourth-order valence-corrected chi connectivity index (χ4v) is 4.03. The minimum atomic E-state index is -0.617. The van der Waals surface area contributed by atoms with Gasteiger partial charge >= 0.3 is 5.97 Å². The molecule has 0 N–H and O–H groups in total. The molecular formula is C26H29NO6S. The van der Waals surface area contributed by atoms with Crippen LogP contribution >= 0.6 is 11.8 Å². The average Bonchev–Trinajstić information content (AvgIpc) is 3.04. The van der Waals surface area contributed by atoms with E-state index in [-0.39, 0.29) is 16.9 Å². The van der Waals surface area contributed by atoms with Crippen molar-refractivity contribution in [1.29, 1.82) is 0 Å². The van der Waals surface area contributed by atoms with Gasteiger partial charge in [0.05, 0.1) is 11.5 Å². The van der Waals surface area contributed by atoms with Crippen LogP contribution in [0.25, 0.3) is 6.08 Å². The molecule has 1 saturated heterocycles. The van der Waals surface area contributed by atoms with Crippen LogP contribution in [0.1, 0.15) is 38.8 Å². The van der Waals surface area contributed by atoms with E-state index in [2.05, 4.69) is 32.9 Å². The number of ether oxygens (including phenoxy) is 3. The maximum atomic E-state index is 12.5. The van der Waals surface area contributed by atoms with Crippen LogP contribution in [0.3, 0.4) is 0 Å². The number of benzene rings is 2. The molecule has 1 aliphatic heterocycles. The number of rotatable bonds is 9. The van der Waals surface area contributed by atoms with Gasteiger partial charge in [0, 0.05) is 0 Å². The summed E-state index contributed by atoms with van der Waals surface area (Å²) < 4.78 is 16.4. The van der Waals surface area contributed by atoms with E-state index in [9.17, 15) is 14.4 Å². The van der Waals surface area contributed by atoms with Gasteiger partial charge in [0.1, 0.15) is 31.3 Å². The van der Waals surface area contributed by atoms with E-state index in [4.69, 9.17) is 14.2 Å². The third kappa shape index (κ3) is 6.87. The van der Waals surface area contributed by atoms with Crippen molar-refractivity contribution in [1.82, 2.24) is 4.90 Å². The van der Waals surface area contributed by atoms with Crippen LogP contribution in [0.5, 0.6) is 11.5 Å². The first-order chi connectivity index (χ1) is 16.2. The molecule has 0 radical (unpaired) electrons. The van der Waals surface area contributed by atoms with Crippen LogP contribution in [0.15, 0.2) is 53.4 Å². The molecule has 1 heterocycles. The van der Waals surface area contributed by atoms with E-state index in [0.29, 0.717) is 24.5 Å². The molecule has 0 saturated carbocycles. The van der Waals surface area contributed by atoms with Crippen molar-refractivity contribution in [2.24, 2.45) is 0 Å². The Morgan fingerprint density at radius 3 is 2.32 bits per heavy atom. The Hall–Kier alpha value is -3.26. The largest absolute Gasteiger partial charge is 0.490 e. The predicted octanol–water partition coefficient (Wildman–Crippen LogP) is 5.04. The Bertz CT molecular complexity index is 1070. The smallest absolute Gasteiger partial charge is 0.326 e. The summed E-state index contributed by atoms with van der Waals surface area (Å²) in [6, 6.07) is 15.2. The second kappa shape index (κ2) is 11.2. The molecule has 34 heavy (non-hydrogen) atoms. The molecule has 8 heteroatoms. The highest BCUT2D eigenvalue weighted by molar-refractivity contribution is 8.18. The number of amides is 2. The summed E-state index contributed by atoms with van der Waals surface area (Å²) in [5.74, 6) is 0.268. The Morgan fingerprint density at radius 1 is 1.00 bits per heavy atom. The SMILES string of the molecule is CCOC(=O)CN1C(=O)S/C(=C\c2cccc(OCCOc3ccc(C(C)(C)C)cc3)c2)C1=O. The molecule has 3 rings (SSSR count). The van der Waals surface area contributed by atoms with Crippen molar-refractivity contribution in [2.75, 3.05) is 26.4 Å². The monoisotopic (exact) mass is 483 g/mol. The Labute approximate surface area is 204 Å². The third-order valence-electron chi connectivity index (χ3n) is 4.96. The van der Waals surface area contributed by atoms with Crippen LogP contribution < -0.4 is 9.47 Å². The van der Waals surface area contributed by atoms with E-state index >= 15 is 0 Å². The first kappa shape index (κ1) is 25.4. The molecule has 1 aliphatic rings. The molecule has 0 aromatic heterocycles. The summed E-state index contributed by atoms with van der Waals surface area (Å²) in [5, 5.41) is -0.496. The summed E-state index contributed by atoms with van der Waals surface area (Å²) in [4.78, 5) is 37.4. The predicted molar refractivity (Wildman–Crippen MR) is 132 cm³/mol. The van der Waals surface area contributed by atoms with Crippen molar-refractivity contribution in [2.45, 2.75) is 33.1 Å². The highest BCUT2D eigenvalue weighted by atomic mass is 32.2. The molecule has 1 fully saturated rings. The number of carbonyl (C=O) groups is 3. The minimum Gasteiger partial charge on any atom is -0.490 e. The number of imide groups is 1. The lowest BCUT2D eigenvalue weighted by Crippen LogP contribution is -2.34. The first-order valence-electron chi connectivity index (χ1n) is 11.0. The maximum absolute atomic E-state index is 12.5. The lowest BCUT2D eigenvalue weighted by Gasteiger charge is -2.19. The summed E-state index contributed by atoms with van der Waals surface area (Å²) in [6.07, 6.45) is 1.61. The summed E-state index contributed by atoms with van der Waals surface area (Å²) in [5.41, 5.74) is 2.04. The van der Waals surface area contributed by atoms with Gasteiger partial charge in [-0.25, -0.2) is 0 Å². The van der Waals surface area contributed by atoms with Crippen LogP contribution in [-0.4, -0.2) is 48.4 Å². The van der Waals surface area contributed by atoms with Gasteiger partial charge in [-0.2, -0.15) is 0 Å². The van der Waals surface area contributed by atoms with Gasteiger partial charge in [-0.3, -0.25) is 19.3 Å². The van der Waals surface area contributed by atoms with Gasteiger partial charge in [-0.15, -0.1) is 0 Å². The number of esters is 1. The van der Waals surface area contributed by atoms with Gasteiger partial charge < -0.3 is 14.2 Å². The van der Waals surface area contributed by atoms with Crippen molar-refractivity contribution >= 4 is 35.0 Å². The van der Waals surface area contributed by atoms with Crippen LogP contribution in [0.4, 0.5) is 4.79 Å². The summed E-state index contributed by atoms with van der Waals surface area (Å²) in [6.45, 7) is 8.69. The maximum Gasteiger partial charge on any atom is 0.326 e. The zero-order valence-corrected chi connectivity index (χ0v) is 20.6.